The van der Waals surface area contributed by atoms with Gasteiger partial charge >= 0.3 is 27.8 Å². The maximum Gasteiger partial charge on any atom is 3.00 e. The molecule has 0 saturated heterocycles. The molecule has 0 aromatic carbocycles. The number of rotatable bonds is 35. The van der Waals surface area contributed by atoms with Crippen LogP contribution >= 0.6 is 0 Å². The van der Waals surface area contributed by atoms with Crippen molar-refractivity contribution < 1.29 is 21.6 Å². The van der Waals surface area contributed by atoms with Crippen LogP contribution < -0.4 is 0 Å². The zero-order valence-electron chi connectivity index (χ0n) is 32.1. The molecular weight excluding hydrogens is 605 g/mol. The second-order valence-electron chi connectivity index (χ2n) is 14.6. The van der Waals surface area contributed by atoms with Gasteiger partial charge in [-0.1, -0.05) is 194 Å². The van der Waals surface area contributed by atoms with Crippen molar-refractivity contribution in [3.8, 4) is 0 Å². The molecule has 0 aromatic rings. The van der Waals surface area contributed by atoms with Gasteiger partial charge in [0.1, 0.15) is 0 Å². The van der Waals surface area contributed by atoms with Crippen molar-refractivity contribution in [1.29, 1.82) is 0 Å². The number of nitrogens with zero attached hydrogens (tertiary/aromatic N) is 1. The van der Waals surface area contributed by atoms with Crippen LogP contribution in [0.5, 0.6) is 0 Å². The fourth-order valence-electron chi connectivity index (χ4n) is 6.29. The Morgan fingerprint density at radius 2 is 0.565 bits per heavy atom. The maximum atomic E-state index is 9.33. The van der Waals surface area contributed by atoms with E-state index in [2.05, 4.69) is 32.1 Å². The summed E-state index contributed by atoms with van der Waals surface area (Å²) in [5, 5.41) is 0. The fraction of sp³-hybridized carbons (Fsp3) is 1.00. The van der Waals surface area contributed by atoms with E-state index >= 15 is 0 Å². The number of unbranched alkanes of at least 4 members (excludes halogenated alkanes) is 30. The topological polar surface area (TPSA) is 63.6 Å². The molecule has 0 bridgehead atoms. The molecule has 0 rings (SSSR count). The average Bonchev–Trinajstić information content (AvgIpc) is 3.00. The molecule has 0 radical (unpaired) electrons. The first kappa shape index (κ1) is 50.7. The first-order valence-corrected chi connectivity index (χ1v) is 21.4. The van der Waals surface area contributed by atoms with E-state index in [1.165, 1.54) is 223 Å². The van der Waals surface area contributed by atoms with Crippen LogP contribution in [0.2, 0.25) is 0 Å². The van der Waals surface area contributed by atoms with Crippen molar-refractivity contribution in [2.45, 2.75) is 219 Å². The van der Waals surface area contributed by atoms with Crippen molar-refractivity contribution in [2.24, 2.45) is 0 Å². The predicted molar refractivity (Wildman–Crippen MR) is 205 cm³/mol. The van der Waals surface area contributed by atoms with Crippen LogP contribution in [-0.2, 0) is 14.6 Å². The molecule has 0 unspecified atom stereocenters. The minimum Gasteiger partial charge on any atom is -0.328 e. The Morgan fingerprint density at radius 1 is 0.413 bits per heavy atom. The summed E-state index contributed by atoms with van der Waals surface area (Å²) in [7, 11) is 1.65. The van der Waals surface area contributed by atoms with Gasteiger partial charge in [-0.3, -0.25) is 8.74 Å². The Morgan fingerprint density at radius 3 is 0.717 bits per heavy atom. The number of quaternary nitrogens is 1. The van der Waals surface area contributed by atoms with E-state index < -0.39 is 10.4 Å². The first-order valence-electron chi connectivity index (χ1n) is 20.0. The molecule has 0 spiro atoms. The van der Waals surface area contributed by atoms with E-state index in [4.69, 9.17) is 4.55 Å². The minimum absolute atomic E-state index is 0. The van der Waals surface area contributed by atoms with Gasteiger partial charge in [0.05, 0.1) is 34.3 Å². The first-order chi connectivity index (χ1) is 21.7. The van der Waals surface area contributed by atoms with Crippen LogP contribution in [0, 0.1) is 0 Å². The van der Waals surface area contributed by atoms with E-state index in [1.54, 1.807) is 0 Å². The van der Waals surface area contributed by atoms with E-state index in [0.717, 1.165) is 7.11 Å². The smallest absolute Gasteiger partial charge is 0.328 e. The summed E-state index contributed by atoms with van der Waals surface area (Å²) in [6, 6.07) is 0. The third-order valence-corrected chi connectivity index (χ3v) is 9.87. The summed E-state index contributed by atoms with van der Waals surface area (Å²) in [5.41, 5.74) is 0. The molecule has 0 aliphatic heterocycles. The normalized spacial score (nSPS) is 11.7. The third kappa shape index (κ3) is 48.8. The molecule has 0 amide bonds. The molecule has 274 valence electrons. The average molecular weight is 690 g/mol. The van der Waals surface area contributed by atoms with Gasteiger partial charge in [0.25, 0.3) is 0 Å². The van der Waals surface area contributed by atoms with E-state index in [9.17, 15) is 8.42 Å². The Hall–Kier alpha value is 0.362. The summed E-state index contributed by atoms with van der Waals surface area (Å²) in [5.74, 6) is 0. The van der Waals surface area contributed by atoms with Crippen LogP contribution in [0.15, 0.2) is 0 Å². The molecule has 7 heteroatoms. The van der Waals surface area contributed by atoms with E-state index in [1.807, 2.05) is 0 Å². The standard InChI is InChI=1S/C38H80N.CH4O4S.Al/c1-5-7-9-11-13-15-17-19-21-23-25-27-29-31-33-35-37-39(3,4)38-36-34-32-30-28-26-24-22-20-18-16-14-12-10-8-6-2;1-5-6(2,3)4;/h5-38H2,1-4H3;1H3,(H,2,3,4);/q+1;;+3. The zero-order chi connectivity index (χ0) is 33.7. The fourth-order valence-corrected chi connectivity index (χ4v) is 6.29. The Kier molecular flexibility index (Phi) is 43.9. The van der Waals surface area contributed by atoms with Gasteiger partial charge in [-0.2, -0.15) is 8.42 Å². The van der Waals surface area contributed by atoms with Gasteiger partial charge in [-0.05, 0) is 25.7 Å². The third-order valence-electron chi connectivity index (χ3n) is 9.44. The molecular formula is C39H84AlNO4S+4. The van der Waals surface area contributed by atoms with Crippen molar-refractivity contribution in [1.82, 2.24) is 0 Å². The minimum atomic E-state index is -4.16. The van der Waals surface area contributed by atoms with Crippen LogP contribution in [0.25, 0.3) is 0 Å². The van der Waals surface area contributed by atoms with Crippen molar-refractivity contribution in [2.75, 3.05) is 34.3 Å². The zero-order valence-corrected chi connectivity index (χ0v) is 34.1. The van der Waals surface area contributed by atoms with Gasteiger partial charge in [-0.15, -0.1) is 0 Å². The van der Waals surface area contributed by atoms with Crippen molar-refractivity contribution in [3.63, 3.8) is 0 Å². The second kappa shape index (κ2) is 39.8. The molecule has 1 N–H and O–H groups in total. The molecule has 0 fully saturated rings. The molecule has 0 heterocycles. The second-order valence-corrected chi connectivity index (χ2v) is 15.8. The van der Waals surface area contributed by atoms with Gasteiger partial charge in [0.15, 0.2) is 0 Å². The van der Waals surface area contributed by atoms with E-state index in [-0.39, 0.29) is 17.4 Å². The summed E-state index contributed by atoms with van der Waals surface area (Å²) in [6.07, 6.45) is 46.9. The van der Waals surface area contributed by atoms with Crippen LogP contribution in [-0.4, -0.2) is 69.1 Å². The summed E-state index contributed by atoms with van der Waals surface area (Å²) < 4.78 is 31.0. The van der Waals surface area contributed by atoms with Gasteiger partial charge in [-0.25, -0.2) is 0 Å². The molecule has 0 aromatic heterocycles. The molecule has 46 heavy (non-hydrogen) atoms. The molecule has 5 nitrogen and oxygen atoms in total. The SMILES string of the molecule is CCCCCCCCCCCCCCCCCC[N+](C)(C)CCCCCCCCCCCCCCCCCC.COS(=O)(=O)O.[Al+3]. The van der Waals surface area contributed by atoms with E-state index in [0.29, 0.717) is 0 Å². The van der Waals surface area contributed by atoms with Crippen molar-refractivity contribution in [3.05, 3.63) is 0 Å². The molecule has 0 aliphatic rings. The molecule has 0 aliphatic carbocycles. The molecule has 0 atom stereocenters. The quantitative estimate of drug-likeness (QED) is 0.0311. The number of hydrogen-bond acceptors (Lipinski definition) is 3. The Balaban J connectivity index is -0.00000239. The Labute approximate surface area is 301 Å². The largest absolute Gasteiger partial charge is 3.00 e. The van der Waals surface area contributed by atoms with Gasteiger partial charge in [0.2, 0.25) is 0 Å². The van der Waals surface area contributed by atoms with Crippen LogP contribution in [0.3, 0.4) is 0 Å². The summed E-state index contributed by atoms with van der Waals surface area (Å²) >= 11 is 0. The summed E-state index contributed by atoms with van der Waals surface area (Å²) in [6.45, 7) is 7.39. The summed E-state index contributed by atoms with van der Waals surface area (Å²) in [4.78, 5) is 0. The van der Waals surface area contributed by atoms with Crippen molar-refractivity contribution >= 4 is 27.8 Å². The monoisotopic (exact) mass is 690 g/mol. The Bertz CT molecular complexity index is 622. The van der Waals surface area contributed by atoms with Gasteiger partial charge in [0, 0.05) is 0 Å². The van der Waals surface area contributed by atoms with Gasteiger partial charge < -0.3 is 4.48 Å². The van der Waals surface area contributed by atoms with Crippen LogP contribution in [0.1, 0.15) is 219 Å². The number of hydrogen-bond donors (Lipinski definition) is 1. The predicted octanol–water partition coefficient (Wildman–Crippen LogP) is 12.6. The maximum absolute atomic E-state index is 9.33. The van der Waals surface area contributed by atoms with Crippen LogP contribution in [0.4, 0.5) is 0 Å². The molecule has 0 saturated carbocycles.